The predicted octanol–water partition coefficient (Wildman–Crippen LogP) is 1.02. The molecule has 1 aliphatic heterocycles. The quantitative estimate of drug-likeness (QED) is 0.845. The van der Waals surface area contributed by atoms with E-state index >= 15 is 0 Å². The molecule has 0 spiro atoms. The van der Waals surface area contributed by atoms with Gasteiger partial charge in [-0.05, 0) is 24.6 Å². The van der Waals surface area contributed by atoms with E-state index < -0.39 is 5.97 Å². The molecular weight excluding hydrogens is 263 g/mol. The topological polar surface area (TPSA) is 69.6 Å². The van der Waals surface area contributed by atoms with Crippen LogP contribution in [0.25, 0.3) is 0 Å². The third kappa shape index (κ3) is 3.54. The molecule has 0 saturated carbocycles. The van der Waals surface area contributed by atoms with E-state index in [2.05, 4.69) is 5.32 Å². The lowest BCUT2D eigenvalue weighted by Gasteiger charge is -2.36. The van der Waals surface area contributed by atoms with E-state index in [-0.39, 0.29) is 30.2 Å². The van der Waals surface area contributed by atoms with Crippen molar-refractivity contribution in [2.45, 2.75) is 13.0 Å². The minimum absolute atomic E-state index is 0.161. The minimum Gasteiger partial charge on any atom is -0.481 e. The third-order valence-corrected chi connectivity index (χ3v) is 3.42. The molecule has 1 unspecified atom stereocenters. The Balaban J connectivity index is 1.77. The van der Waals surface area contributed by atoms with E-state index in [1.165, 1.54) is 12.1 Å². The number of hydrogen-bond donors (Lipinski definition) is 2. The summed E-state index contributed by atoms with van der Waals surface area (Å²) >= 11 is 0. The fraction of sp³-hybridized carbons (Fsp3) is 0.429. The van der Waals surface area contributed by atoms with E-state index in [1.807, 2.05) is 6.92 Å². The Labute approximate surface area is 116 Å². The first-order chi connectivity index (χ1) is 9.45. The van der Waals surface area contributed by atoms with Crippen molar-refractivity contribution in [3.05, 3.63) is 35.6 Å². The summed E-state index contributed by atoms with van der Waals surface area (Å²) in [6.45, 7) is 2.83. The second-order valence-electron chi connectivity index (χ2n) is 5.07. The number of likely N-dealkylation sites (tertiary alicyclic amines) is 1. The van der Waals surface area contributed by atoms with Gasteiger partial charge in [0.05, 0.1) is 18.5 Å². The van der Waals surface area contributed by atoms with Gasteiger partial charge in [0.1, 0.15) is 5.82 Å². The van der Waals surface area contributed by atoms with Crippen LogP contribution in [-0.2, 0) is 9.59 Å². The molecule has 1 aromatic rings. The van der Waals surface area contributed by atoms with Crippen molar-refractivity contribution in [3.63, 3.8) is 0 Å². The van der Waals surface area contributed by atoms with Gasteiger partial charge in [-0.2, -0.15) is 0 Å². The van der Waals surface area contributed by atoms with Crippen LogP contribution in [0.3, 0.4) is 0 Å². The number of nitrogens with zero attached hydrogens (tertiary/aromatic N) is 1. The van der Waals surface area contributed by atoms with Gasteiger partial charge in [-0.1, -0.05) is 12.1 Å². The fourth-order valence-electron chi connectivity index (χ4n) is 2.18. The number of carboxylic acid groups (broad SMARTS) is 1. The summed E-state index contributed by atoms with van der Waals surface area (Å²) < 4.78 is 12.8. The predicted molar refractivity (Wildman–Crippen MR) is 70.5 cm³/mol. The number of aliphatic carboxylic acids is 1. The summed E-state index contributed by atoms with van der Waals surface area (Å²) in [5, 5.41) is 11.6. The molecule has 20 heavy (non-hydrogen) atoms. The van der Waals surface area contributed by atoms with Crippen molar-refractivity contribution in [1.82, 2.24) is 10.2 Å². The number of carbonyl (C=O) groups is 2. The highest BCUT2D eigenvalue weighted by molar-refractivity contribution is 5.79. The number of halogens is 1. The van der Waals surface area contributed by atoms with Crippen LogP contribution in [-0.4, -0.2) is 41.5 Å². The maximum absolute atomic E-state index is 12.8. The highest BCUT2D eigenvalue weighted by Crippen LogP contribution is 2.16. The molecule has 1 fully saturated rings. The van der Waals surface area contributed by atoms with Gasteiger partial charge in [0, 0.05) is 13.1 Å². The second kappa shape index (κ2) is 6.00. The van der Waals surface area contributed by atoms with Gasteiger partial charge in [-0.25, -0.2) is 4.39 Å². The van der Waals surface area contributed by atoms with Gasteiger partial charge in [-0.3, -0.25) is 14.5 Å². The van der Waals surface area contributed by atoms with Crippen LogP contribution in [0.1, 0.15) is 18.5 Å². The lowest BCUT2D eigenvalue weighted by molar-refractivity contribution is -0.148. The zero-order valence-corrected chi connectivity index (χ0v) is 11.2. The molecule has 1 saturated heterocycles. The standard InChI is InChI=1S/C14H17FN2O3/c1-9(10-2-4-12(15)5-3-10)16-13(18)8-17-6-11(7-17)14(19)20/h2-5,9,11H,6-8H2,1H3,(H,16,18)(H,19,20). The minimum atomic E-state index is -0.818. The molecule has 2 N–H and O–H groups in total. The molecule has 1 atom stereocenters. The van der Waals surface area contributed by atoms with E-state index in [0.29, 0.717) is 13.1 Å². The van der Waals surface area contributed by atoms with Gasteiger partial charge in [0.25, 0.3) is 0 Å². The van der Waals surface area contributed by atoms with Crippen LogP contribution < -0.4 is 5.32 Å². The maximum atomic E-state index is 12.8. The van der Waals surface area contributed by atoms with E-state index in [9.17, 15) is 14.0 Å². The molecule has 108 valence electrons. The summed E-state index contributed by atoms with van der Waals surface area (Å²) in [4.78, 5) is 24.2. The van der Waals surface area contributed by atoms with Gasteiger partial charge >= 0.3 is 5.97 Å². The Morgan fingerprint density at radius 3 is 2.55 bits per heavy atom. The van der Waals surface area contributed by atoms with Crippen molar-refractivity contribution in [2.75, 3.05) is 19.6 Å². The highest BCUT2D eigenvalue weighted by Gasteiger charge is 2.33. The average molecular weight is 280 g/mol. The summed E-state index contributed by atoms with van der Waals surface area (Å²) in [5.41, 5.74) is 0.826. The highest BCUT2D eigenvalue weighted by atomic mass is 19.1. The molecular formula is C14H17FN2O3. The van der Waals surface area contributed by atoms with Crippen LogP contribution in [0.4, 0.5) is 4.39 Å². The van der Waals surface area contributed by atoms with Crippen molar-refractivity contribution in [3.8, 4) is 0 Å². The molecule has 1 aliphatic rings. The number of carbonyl (C=O) groups excluding carboxylic acids is 1. The first kappa shape index (κ1) is 14.5. The molecule has 1 aromatic carbocycles. The lowest BCUT2D eigenvalue weighted by atomic mass is 10.0. The van der Waals surface area contributed by atoms with E-state index in [4.69, 9.17) is 5.11 Å². The lowest BCUT2D eigenvalue weighted by Crippen LogP contribution is -2.53. The number of nitrogens with one attached hydrogen (secondary N) is 1. The second-order valence-corrected chi connectivity index (χ2v) is 5.07. The van der Waals surface area contributed by atoms with Crippen molar-refractivity contribution in [1.29, 1.82) is 0 Å². The first-order valence-electron chi connectivity index (χ1n) is 6.45. The van der Waals surface area contributed by atoms with E-state index in [0.717, 1.165) is 5.56 Å². The fourth-order valence-corrected chi connectivity index (χ4v) is 2.18. The molecule has 0 radical (unpaired) electrons. The van der Waals surface area contributed by atoms with E-state index in [1.54, 1.807) is 17.0 Å². The molecule has 0 aliphatic carbocycles. The molecule has 1 heterocycles. The molecule has 0 aromatic heterocycles. The zero-order valence-electron chi connectivity index (χ0n) is 11.2. The average Bonchev–Trinajstić information content (AvgIpc) is 2.33. The Bertz CT molecular complexity index is 498. The van der Waals surface area contributed by atoms with Crippen molar-refractivity contribution < 1.29 is 19.1 Å². The molecule has 6 heteroatoms. The third-order valence-electron chi connectivity index (χ3n) is 3.42. The smallest absolute Gasteiger partial charge is 0.309 e. The van der Waals surface area contributed by atoms with Gasteiger partial charge in [0.2, 0.25) is 5.91 Å². The number of benzene rings is 1. The monoisotopic (exact) mass is 280 g/mol. The Morgan fingerprint density at radius 1 is 1.40 bits per heavy atom. The van der Waals surface area contributed by atoms with Crippen LogP contribution in [0, 0.1) is 11.7 Å². The van der Waals surface area contributed by atoms with Crippen molar-refractivity contribution in [2.24, 2.45) is 5.92 Å². The Kier molecular flexibility index (Phi) is 4.34. The largest absolute Gasteiger partial charge is 0.481 e. The van der Waals surface area contributed by atoms with Gasteiger partial charge in [0.15, 0.2) is 0 Å². The summed E-state index contributed by atoms with van der Waals surface area (Å²) in [5.74, 6) is -1.66. The molecule has 1 amide bonds. The Hall–Kier alpha value is -1.95. The number of carboxylic acids is 1. The summed E-state index contributed by atoms with van der Waals surface area (Å²) in [6.07, 6.45) is 0. The normalized spacial score (nSPS) is 17.3. The van der Waals surface area contributed by atoms with Crippen LogP contribution in [0.2, 0.25) is 0 Å². The van der Waals surface area contributed by atoms with Crippen LogP contribution in [0.5, 0.6) is 0 Å². The Morgan fingerprint density at radius 2 is 2.00 bits per heavy atom. The number of amides is 1. The van der Waals surface area contributed by atoms with Gasteiger partial charge < -0.3 is 10.4 Å². The van der Waals surface area contributed by atoms with Crippen LogP contribution >= 0.6 is 0 Å². The molecule has 0 bridgehead atoms. The first-order valence-corrected chi connectivity index (χ1v) is 6.45. The summed E-state index contributed by atoms with van der Waals surface area (Å²) in [7, 11) is 0. The molecule has 2 rings (SSSR count). The maximum Gasteiger partial charge on any atom is 0.309 e. The SMILES string of the molecule is CC(NC(=O)CN1CC(C(=O)O)C1)c1ccc(F)cc1. The van der Waals surface area contributed by atoms with Crippen molar-refractivity contribution >= 4 is 11.9 Å². The van der Waals surface area contributed by atoms with Gasteiger partial charge in [-0.15, -0.1) is 0 Å². The number of rotatable bonds is 5. The molecule has 5 nitrogen and oxygen atoms in total. The zero-order chi connectivity index (χ0) is 14.7. The van der Waals surface area contributed by atoms with Crippen LogP contribution in [0.15, 0.2) is 24.3 Å². The summed E-state index contributed by atoms with van der Waals surface area (Å²) in [6, 6.07) is 5.75. The number of hydrogen-bond acceptors (Lipinski definition) is 3.